The maximum atomic E-state index is 5.74. The van der Waals surface area contributed by atoms with E-state index in [1.165, 1.54) is 12.0 Å². The summed E-state index contributed by atoms with van der Waals surface area (Å²) < 4.78 is 0. The van der Waals surface area contributed by atoms with Gasteiger partial charge in [0.05, 0.1) is 5.69 Å². The Morgan fingerprint density at radius 1 is 1.50 bits per heavy atom. The highest BCUT2D eigenvalue weighted by Gasteiger charge is 2.16. The Hall–Kier alpha value is -0.630. The fourth-order valence-corrected chi connectivity index (χ4v) is 1.82. The maximum Gasteiger partial charge on any atom is 0.152 e. The summed E-state index contributed by atoms with van der Waals surface area (Å²) in [4.78, 5) is 0. The van der Waals surface area contributed by atoms with Gasteiger partial charge in [0.25, 0.3) is 0 Å². The number of hydrogen-bond donors (Lipinski definition) is 0. The van der Waals surface area contributed by atoms with Crippen LogP contribution in [0.15, 0.2) is 6.07 Å². The Bertz CT molecular complexity index is 299. The first-order valence-electron chi connectivity index (χ1n) is 4.26. The van der Waals surface area contributed by atoms with Gasteiger partial charge in [-0.2, -0.15) is 5.10 Å². The van der Waals surface area contributed by atoms with Gasteiger partial charge in [0.2, 0.25) is 0 Å². The molecule has 0 bridgehead atoms. The van der Waals surface area contributed by atoms with Gasteiger partial charge in [0, 0.05) is 0 Å². The van der Waals surface area contributed by atoms with Crippen molar-refractivity contribution in [3.63, 3.8) is 0 Å². The number of fused-ring (bicyclic) bond motifs is 1. The van der Waals surface area contributed by atoms with Crippen molar-refractivity contribution in [2.45, 2.75) is 26.2 Å². The van der Waals surface area contributed by atoms with Crippen LogP contribution in [0.1, 0.15) is 24.6 Å². The van der Waals surface area contributed by atoms with Crippen LogP contribution in [-0.2, 0) is 12.8 Å². The zero-order chi connectivity index (χ0) is 8.55. The number of hydrogen-bond acceptors (Lipinski definition) is 2. The number of rotatable bonds is 0. The van der Waals surface area contributed by atoms with Gasteiger partial charge in [-0.3, -0.25) is 0 Å². The van der Waals surface area contributed by atoms with Gasteiger partial charge in [-0.1, -0.05) is 18.5 Å². The molecule has 0 N–H and O–H groups in total. The van der Waals surface area contributed by atoms with Crippen LogP contribution in [0, 0.1) is 5.92 Å². The third-order valence-corrected chi connectivity index (χ3v) is 2.56. The monoisotopic (exact) mass is 182 g/mol. The van der Waals surface area contributed by atoms with Crippen LogP contribution in [0.3, 0.4) is 0 Å². The Labute approximate surface area is 77.0 Å². The highest BCUT2D eigenvalue weighted by atomic mass is 35.5. The first-order valence-corrected chi connectivity index (χ1v) is 4.64. The first-order chi connectivity index (χ1) is 5.75. The van der Waals surface area contributed by atoms with Gasteiger partial charge in [-0.15, -0.1) is 5.10 Å². The Morgan fingerprint density at radius 3 is 3.17 bits per heavy atom. The number of aryl methyl sites for hydroxylation is 1. The van der Waals surface area contributed by atoms with Gasteiger partial charge in [0.1, 0.15) is 0 Å². The van der Waals surface area contributed by atoms with Crippen LogP contribution in [0.5, 0.6) is 0 Å². The van der Waals surface area contributed by atoms with Gasteiger partial charge >= 0.3 is 0 Å². The summed E-state index contributed by atoms with van der Waals surface area (Å²) in [5.74, 6) is 0.743. The van der Waals surface area contributed by atoms with Crippen molar-refractivity contribution >= 4 is 11.6 Å². The van der Waals surface area contributed by atoms with Gasteiger partial charge in [-0.05, 0) is 36.8 Å². The molecule has 12 heavy (non-hydrogen) atoms. The van der Waals surface area contributed by atoms with E-state index in [4.69, 9.17) is 11.6 Å². The van der Waals surface area contributed by atoms with E-state index in [2.05, 4.69) is 17.1 Å². The zero-order valence-electron chi connectivity index (χ0n) is 7.05. The lowest BCUT2D eigenvalue weighted by atomic mass is 9.89. The number of halogens is 1. The van der Waals surface area contributed by atoms with Crippen molar-refractivity contribution in [1.82, 2.24) is 10.2 Å². The van der Waals surface area contributed by atoms with E-state index in [9.17, 15) is 0 Å². The fraction of sp³-hybridized carbons (Fsp3) is 0.556. The molecule has 1 heterocycles. The summed E-state index contributed by atoms with van der Waals surface area (Å²) in [6.45, 7) is 2.25. The minimum Gasteiger partial charge on any atom is -0.154 e. The molecule has 0 spiro atoms. The molecule has 0 aliphatic heterocycles. The summed E-state index contributed by atoms with van der Waals surface area (Å²) in [6.07, 6.45) is 3.40. The second-order valence-electron chi connectivity index (χ2n) is 3.49. The quantitative estimate of drug-likeness (QED) is 0.615. The summed E-state index contributed by atoms with van der Waals surface area (Å²) in [6, 6.07) is 1.94. The minimum atomic E-state index is 0.517. The van der Waals surface area contributed by atoms with Crippen molar-refractivity contribution in [2.24, 2.45) is 5.92 Å². The van der Waals surface area contributed by atoms with Crippen molar-refractivity contribution in [3.05, 3.63) is 22.5 Å². The smallest absolute Gasteiger partial charge is 0.152 e. The molecule has 0 saturated heterocycles. The van der Waals surface area contributed by atoms with Crippen LogP contribution >= 0.6 is 11.6 Å². The van der Waals surface area contributed by atoms with Crippen LogP contribution < -0.4 is 0 Å². The number of aromatic nitrogens is 2. The van der Waals surface area contributed by atoms with Crippen LogP contribution in [0.4, 0.5) is 0 Å². The lowest BCUT2D eigenvalue weighted by Crippen LogP contribution is -2.13. The van der Waals surface area contributed by atoms with E-state index in [1.807, 2.05) is 6.07 Å². The molecule has 1 aliphatic rings. The molecule has 0 aromatic carbocycles. The third kappa shape index (κ3) is 1.44. The lowest BCUT2D eigenvalue weighted by molar-refractivity contribution is 0.487. The predicted octanol–water partition coefficient (Wildman–Crippen LogP) is 2.25. The summed E-state index contributed by atoms with van der Waals surface area (Å²) >= 11 is 5.74. The molecule has 1 unspecified atom stereocenters. The molecule has 1 aromatic heterocycles. The van der Waals surface area contributed by atoms with E-state index in [0.717, 1.165) is 24.5 Å². The Balaban J connectivity index is 2.37. The van der Waals surface area contributed by atoms with E-state index in [0.29, 0.717) is 5.15 Å². The van der Waals surface area contributed by atoms with Crippen LogP contribution in [-0.4, -0.2) is 10.2 Å². The highest BCUT2D eigenvalue weighted by Crippen LogP contribution is 2.24. The average Bonchev–Trinajstić information content (AvgIpc) is 2.05. The summed E-state index contributed by atoms with van der Waals surface area (Å²) in [5, 5.41) is 8.45. The Morgan fingerprint density at radius 2 is 2.33 bits per heavy atom. The van der Waals surface area contributed by atoms with Crippen molar-refractivity contribution in [3.8, 4) is 0 Å². The zero-order valence-corrected chi connectivity index (χ0v) is 7.80. The minimum absolute atomic E-state index is 0.517. The third-order valence-electron chi connectivity index (χ3n) is 2.38. The van der Waals surface area contributed by atoms with Crippen molar-refractivity contribution in [2.75, 3.05) is 0 Å². The second kappa shape index (κ2) is 3.02. The maximum absolute atomic E-state index is 5.74. The molecule has 0 radical (unpaired) electrons. The van der Waals surface area contributed by atoms with E-state index in [1.54, 1.807) is 0 Å². The molecule has 64 valence electrons. The molecule has 2 rings (SSSR count). The van der Waals surface area contributed by atoms with Gasteiger partial charge < -0.3 is 0 Å². The van der Waals surface area contributed by atoms with Crippen LogP contribution in [0.2, 0.25) is 5.15 Å². The topological polar surface area (TPSA) is 25.8 Å². The fourth-order valence-electron chi connectivity index (χ4n) is 1.65. The second-order valence-corrected chi connectivity index (χ2v) is 3.87. The molecule has 0 fully saturated rings. The SMILES string of the molecule is CC1CCc2cc(Cl)nnc2C1. The van der Waals surface area contributed by atoms with E-state index < -0.39 is 0 Å². The van der Waals surface area contributed by atoms with E-state index in [-0.39, 0.29) is 0 Å². The van der Waals surface area contributed by atoms with Crippen molar-refractivity contribution < 1.29 is 0 Å². The van der Waals surface area contributed by atoms with Crippen LogP contribution in [0.25, 0.3) is 0 Å². The average molecular weight is 183 g/mol. The summed E-state index contributed by atoms with van der Waals surface area (Å²) in [5.41, 5.74) is 2.42. The largest absolute Gasteiger partial charge is 0.154 e. The molecular weight excluding hydrogens is 172 g/mol. The molecule has 1 atom stereocenters. The van der Waals surface area contributed by atoms with Gasteiger partial charge in [-0.25, -0.2) is 0 Å². The first kappa shape index (κ1) is 7.99. The molecule has 3 heteroatoms. The summed E-state index contributed by atoms with van der Waals surface area (Å²) in [7, 11) is 0. The molecule has 1 aromatic rings. The molecular formula is C9H11ClN2. The highest BCUT2D eigenvalue weighted by molar-refractivity contribution is 6.29. The molecule has 0 amide bonds. The van der Waals surface area contributed by atoms with Gasteiger partial charge in [0.15, 0.2) is 5.15 Å². The lowest BCUT2D eigenvalue weighted by Gasteiger charge is -2.19. The van der Waals surface area contributed by atoms with Crippen molar-refractivity contribution in [1.29, 1.82) is 0 Å². The predicted molar refractivity (Wildman–Crippen MR) is 48.2 cm³/mol. The molecule has 0 saturated carbocycles. The normalized spacial score (nSPS) is 22.0. The number of nitrogens with zero attached hydrogens (tertiary/aromatic N) is 2. The van der Waals surface area contributed by atoms with E-state index >= 15 is 0 Å². The Kier molecular flexibility index (Phi) is 2.01. The molecule has 2 nitrogen and oxygen atoms in total. The molecule has 1 aliphatic carbocycles. The standard InChI is InChI=1S/C9H11ClN2/c1-6-2-3-7-5-9(10)12-11-8(7)4-6/h5-6H,2-4H2,1H3.